The van der Waals surface area contributed by atoms with Crippen molar-refractivity contribution in [2.45, 2.75) is 204 Å². The van der Waals surface area contributed by atoms with Crippen molar-refractivity contribution in [3.05, 3.63) is 54.2 Å². The van der Waals surface area contributed by atoms with Crippen molar-refractivity contribution in [1.29, 1.82) is 0 Å². The van der Waals surface area contributed by atoms with E-state index in [0.717, 1.165) is 16.7 Å². The largest absolute Gasteiger partial charge is 0.459 e. The van der Waals surface area contributed by atoms with E-state index in [9.17, 15) is 34.7 Å². The highest BCUT2D eigenvalue weighted by atomic mass is 19.1. The van der Waals surface area contributed by atoms with Crippen LogP contribution in [0.5, 0.6) is 0 Å². The van der Waals surface area contributed by atoms with Gasteiger partial charge in [0.2, 0.25) is 0 Å². The Labute approximate surface area is 442 Å². The van der Waals surface area contributed by atoms with Crippen LogP contribution in [0.15, 0.2) is 47.4 Å². The summed E-state index contributed by atoms with van der Waals surface area (Å²) < 4.78 is 65.5. The Hall–Kier alpha value is -3.55. The Balaban J connectivity index is 1.26. The summed E-state index contributed by atoms with van der Waals surface area (Å²) in [6, 6.07) is 5.64. The number of aromatic nitrogens is 4. The van der Waals surface area contributed by atoms with E-state index < -0.39 is 127 Å². The molecule has 0 unspecified atom stereocenters. The van der Waals surface area contributed by atoms with Crippen molar-refractivity contribution in [1.82, 2.24) is 30.0 Å². The normalized spacial score (nSPS) is 38.9. The predicted molar refractivity (Wildman–Crippen MR) is 274 cm³/mol. The number of hydrogen-bond donors (Lipinski definition) is 5. The summed E-state index contributed by atoms with van der Waals surface area (Å²) in [5.41, 5.74) is -1.53. The zero-order valence-electron chi connectivity index (χ0n) is 46.5. The molecule has 0 bridgehead atoms. The smallest absolute Gasteiger partial charge is 0.311 e. The SMILES string of the molecule is CC[C@H]1OC(=O)[C@H](C)[C@@H](O[C@H]2C[C@@](C)(OC)[C@@H](O)[C@H](C)O2)[C@H](C)[C@@H](O[C@@H]2O[C@H](C)C[C@H](N(C)CCc3cn([C@H](CF)[C@H](OC)c4ccc(-c5cnoc5)cc4)nn3)[C@H]2O)[C@](C)(O)C[C@@H](C)CN(C)[C@H](C)[C@@H](O)[C@]1(C)O. The van der Waals surface area contributed by atoms with Crippen LogP contribution in [0.4, 0.5) is 4.39 Å². The third kappa shape index (κ3) is 13.8. The van der Waals surface area contributed by atoms with Crippen molar-refractivity contribution in [2.75, 3.05) is 48.1 Å². The van der Waals surface area contributed by atoms with Gasteiger partial charge in [-0.05, 0) is 98.9 Å². The minimum atomic E-state index is -1.85. The molecule has 0 aliphatic carbocycles. The van der Waals surface area contributed by atoms with Gasteiger partial charge in [-0.2, -0.15) is 0 Å². The van der Waals surface area contributed by atoms with Gasteiger partial charge in [0, 0.05) is 69.9 Å². The molecular formula is C54H87FN6O14. The number of carbonyl (C=O) groups excluding carboxylic acids is 1. The van der Waals surface area contributed by atoms with E-state index in [0.29, 0.717) is 31.6 Å². The van der Waals surface area contributed by atoms with Gasteiger partial charge in [0.1, 0.15) is 55.1 Å². The first kappa shape index (κ1) is 60.7. The van der Waals surface area contributed by atoms with E-state index in [4.69, 9.17) is 37.7 Å². The number of ether oxygens (including phenoxy) is 7. The fraction of sp³-hybridized carbons (Fsp3) is 0.778. The van der Waals surface area contributed by atoms with Crippen LogP contribution < -0.4 is 0 Å². The van der Waals surface area contributed by atoms with E-state index >= 15 is 0 Å². The second-order valence-corrected chi connectivity index (χ2v) is 22.5. The summed E-state index contributed by atoms with van der Waals surface area (Å²) in [5, 5.41) is 72.3. The van der Waals surface area contributed by atoms with Crippen LogP contribution in [0.1, 0.15) is 118 Å². The molecule has 0 radical (unpaired) electrons. The summed E-state index contributed by atoms with van der Waals surface area (Å²) in [4.78, 5) is 18.4. The highest BCUT2D eigenvalue weighted by Gasteiger charge is 2.53. The van der Waals surface area contributed by atoms with Crippen LogP contribution in [0.2, 0.25) is 0 Å². The third-order valence-electron chi connectivity index (χ3n) is 16.5. The lowest BCUT2D eigenvalue weighted by atomic mass is 9.77. The average molecular weight is 1060 g/mol. The maximum Gasteiger partial charge on any atom is 0.311 e. The van der Waals surface area contributed by atoms with Gasteiger partial charge in [0.15, 0.2) is 12.6 Å². The van der Waals surface area contributed by atoms with Crippen molar-refractivity contribution >= 4 is 5.97 Å². The van der Waals surface area contributed by atoms with Crippen molar-refractivity contribution in [2.24, 2.45) is 17.8 Å². The summed E-state index contributed by atoms with van der Waals surface area (Å²) in [5.74, 6) is -2.89. The van der Waals surface area contributed by atoms with Crippen molar-refractivity contribution in [3.8, 4) is 11.1 Å². The molecule has 2 aromatic heterocycles. The topological polar surface area (TPSA) is 246 Å². The molecule has 75 heavy (non-hydrogen) atoms. The number of rotatable bonds is 16. The number of esters is 1. The number of benzene rings is 1. The van der Waals surface area contributed by atoms with E-state index in [2.05, 4.69) is 15.5 Å². The summed E-state index contributed by atoms with van der Waals surface area (Å²) in [6.45, 7) is 17.5. The quantitative estimate of drug-likeness (QED) is 0.123. The van der Waals surface area contributed by atoms with Crippen molar-refractivity contribution in [3.63, 3.8) is 0 Å². The van der Waals surface area contributed by atoms with Crippen LogP contribution in [0.3, 0.4) is 0 Å². The number of likely N-dealkylation sites (N-methyl/N-ethyl adjacent to an activating group) is 2. The molecule has 20 nitrogen and oxygen atoms in total. The van der Waals surface area contributed by atoms with Crippen LogP contribution in [0.25, 0.3) is 11.1 Å². The number of halogens is 1. The molecule has 1 aromatic carbocycles. The molecule has 424 valence electrons. The fourth-order valence-electron chi connectivity index (χ4n) is 11.7. The number of hydrogen-bond acceptors (Lipinski definition) is 19. The lowest BCUT2D eigenvalue weighted by Gasteiger charge is -2.49. The fourth-order valence-corrected chi connectivity index (χ4v) is 11.7. The monoisotopic (exact) mass is 1060 g/mol. The van der Waals surface area contributed by atoms with Gasteiger partial charge in [-0.15, -0.1) is 5.10 Å². The molecule has 5 N–H and O–H groups in total. The van der Waals surface area contributed by atoms with E-state index in [-0.39, 0.29) is 25.2 Å². The van der Waals surface area contributed by atoms with Crippen molar-refractivity contribution < 1.29 is 72.4 Å². The summed E-state index contributed by atoms with van der Waals surface area (Å²) in [7, 11) is 6.73. The van der Waals surface area contributed by atoms with E-state index in [1.54, 1.807) is 67.1 Å². The number of methoxy groups -OCH3 is 2. The van der Waals surface area contributed by atoms with E-state index in [1.165, 1.54) is 25.8 Å². The average Bonchev–Trinajstić information content (AvgIpc) is 4.09. The lowest BCUT2D eigenvalue weighted by molar-refractivity contribution is -0.318. The summed E-state index contributed by atoms with van der Waals surface area (Å²) >= 11 is 0. The first-order valence-corrected chi connectivity index (χ1v) is 26.6. The minimum Gasteiger partial charge on any atom is -0.459 e. The molecule has 0 saturated carbocycles. The second kappa shape index (κ2) is 25.5. The Morgan fingerprint density at radius 3 is 2.27 bits per heavy atom. The maximum atomic E-state index is 14.9. The number of aliphatic hydroxyl groups excluding tert-OH is 3. The highest BCUT2D eigenvalue weighted by molar-refractivity contribution is 5.73. The minimum absolute atomic E-state index is 0.0821. The molecule has 3 aliphatic heterocycles. The molecule has 20 atom stereocenters. The molecule has 0 spiro atoms. The molecule has 0 amide bonds. The Kier molecular flexibility index (Phi) is 20.6. The van der Waals surface area contributed by atoms with Crippen LogP contribution in [-0.4, -0.2) is 200 Å². The first-order valence-electron chi connectivity index (χ1n) is 26.6. The van der Waals surface area contributed by atoms with Gasteiger partial charge in [0.05, 0.1) is 53.4 Å². The Morgan fingerprint density at radius 2 is 1.65 bits per heavy atom. The number of carbonyl (C=O) groups is 1. The predicted octanol–water partition coefficient (Wildman–Crippen LogP) is 4.66. The van der Waals surface area contributed by atoms with Gasteiger partial charge < -0.3 is 73.0 Å². The molecule has 6 rings (SSSR count). The number of aliphatic hydroxyl groups is 5. The van der Waals surface area contributed by atoms with Gasteiger partial charge in [-0.3, -0.25) is 4.79 Å². The number of nitrogens with zero attached hydrogens (tertiary/aromatic N) is 6. The van der Waals surface area contributed by atoms with Gasteiger partial charge >= 0.3 is 5.97 Å². The third-order valence-corrected chi connectivity index (χ3v) is 16.5. The zero-order valence-corrected chi connectivity index (χ0v) is 46.5. The second-order valence-electron chi connectivity index (χ2n) is 22.5. The molecule has 3 saturated heterocycles. The Morgan fingerprint density at radius 1 is 0.960 bits per heavy atom. The van der Waals surface area contributed by atoms with E-state index in [1.807, 2.05) is 62.0 Å². The van der Waals surface area contributed by atoms with Crippen LogP contribution in [-0.2, 0) is 44.4 Å². The molecule has 5 heterocycles. The standard InChI is InChI=1S/C54H87FN6O14/c1-15-42-54(10,67)47(63)34(6)60(12)27-30(2)23-52(8,66)49(32(4)45(33(5)50(65)73-42)74-43-24-53(9,69-14)48(64)35(7)72-43)75-51-44(62)40(22-31(3)71-51)59(11)21-20-39-28-61(58-57-39)41(25-55)46(68-13)37-18-16-36(17-19-37)38-26-56-70-29-38/h16-19,26,28-35,40-49,51,62-64,66-67H,15,20-25,27H2,1-14H3/t30-,31-,32+,33-,34-,35+,40+,41-,42-,43+,44-,45+,46-,47-,48+,49-,51+,52-,53-,54-/m1/s1. The first-order chi connectivity index (χ1) is 35.3. The van der Waals surface area contributed by atoms with Gasteiger partial charge in [-0.1, -0.05) is 55.4 Å². The molecule has 3 aromatic rings. The zero-order chi connectivity index (χ0) is 55.3. The molecular weight excluding hydrogens is 976 g/mol. The van der Waals surface area contributed by atoms with Crippen LogP contribution in [0, 0.1) is 17.8 Å². The molecule has 3 aliphatic rings. The number of cyclic esters (lactones) is 1. The Bertz CT molecular complexity index is 2220. The summed E-state index contributed by atoms with van der Waals surface area (Å²) in [6.07, 6.45) is -4.88. The van der Waals surface area contributed by atoms with Gasteiger partial charge in [0.25, 0.3) is 0 Å². The molecule has 3 fully saturated rings. The molecule has 21 heteroatoms. The maximum absolute atomic E-state index is 14.9. The number of alkyl halides is 1. The lowest BCUT2D eigenvalue weighted by Crippen LogP contribution is -2.61. The highest BCUT2D eigenvalue weighted by Crippen LogP contribution is 2.41. The van der Waals surface area contributed by atoms with Crippen LogP contribution >= 0.6 is 0 Å². The van der Waals surface area contributed by atoms with Gasteiger partial charge in [-0.25, -0.2) is 9.07 Å².